The Morgan fingerprint density at radius 3 is 2.06 bits per heavy atom. The summed E-state index contributed by atoms with van der Waals surface area (Å²) in [7, 11) is 0. The minimum Gasteiger partial charge on any atom is -0.397 e. The second-order valence-electron chi connectivity index (χ2n) is 9.09. The highest BCUT2D eigenvalue weighted by Crippen LogP contribution is 2.24. The third kappa shape index (κ3) is 7.47. The lowest BCUT2D eigenvalue weighted by Crippen LogP contribution is -2.37. The molecule has 0 spiro atoms. The molecule has 6 heteroatoms. The van der Waals surface area contributed by atoms with Gasteiger partial charge in [-0.1, -0.05) is 62.4 Å². The van der Waals surface area contributed by atoms with E-state index in [0.717, 1.165) is 16.8 Å². The first kappa shape index (κ1) is 25.6. The average molecular weight is 471 g/mol. The first-order valence-electron chi connectivity index (χ1n) is 11.8. The van der Waals surface area contributed by atoms with Crippen molar-refractivity contribution in [2.24, 2.45) is 0 Å². The van der Waals surface area contributed by atoms with E-state index in [1.807, 2.05) is 62.4 Å². The molecule has 0 bridgehead atoms. The lowest BCUT2D eigenvalue weighted by Gasteiger charge is -2.22. The predicted octanol–water partition coefficient (Wildman–Crippen LogP) is 5.72. The molecule has 0 aliphatic carbocycles. The van der Waals surface area contributed by atoms with Crippen LogP contribution >= 0.6 is 0 Å². The van der Waals surface area contributed by atoms with E-state index in [0.29, 0.717) is 17.3 Å². The number of nitrogen functional groups attached to an aromatic ring is 1. The normalized spacial score (nSPS) is 12.1. The number of rotatable bonds is 9. The van der Waals surface area contributed by atoms with E-state index in [-0.39, 0.29) is 17.9 Å². The molecule has 0 fully saturated rings. The third-order valence-corrected chi connectivity index (χ3v) is 5.50. The number of anilines is 3. The summed E-state index contributed by atoms with van der Waals surface area (Å²) in [6.07, 6.45) is 3.18. The SMILES string of the molecule is CC(C)NC(=O)C(Nc1ccc(C(C)C)cc1)c1ccc(C=CC(=O)Nc2ccccc2N)cc1. The molecular weight excluding hydrogens is 436 g/mol. The largest absolute Gasteiger partial charge is 0.397 e. The summed E-state index contributed by atoms with van der Waals surface area (Å²) in [5.74, 6) is 0.0700. The van der Waals surface area contributed by atoms with Crippen molar-refractivity contribution in [2.75, 3.05) is 16.4 Å². The Bertz CT molecular complexity index is 1170. The molecule has 5 N–H and O–H groups in total. The molecule has 182 valence electrons. The van der Waals surface area contributed by atoms with Crippen LogP contribution < -0.4 is 21.7 Å². The second kappa shape index (κ2) is 11.9. The first-order valence-corrected chi connectivity index (χ1v) is 11.8. The van der Waals surface area contributed by atoms with Gasteiger partial charge in [0.05, 0.1) is 11.4 Å². The Kier molecular flexibility index (Phi) is 8.68. The van der Waals surface area contributed by atoms with Crippen molar-refractivity contribution < 1.29 is 9.59 Å². The van der Waals surface area contributed by atoms with Gasteiger partial charge in [0, 0.05) is 17.8 Å². The first-order chi connectivity index (χ1) is 16.7. The smallest absolute Gasteiger partial charge is 0.248 e. The molecule has 0 aliphatic heterocycles. The molecule has 35 heavy (non-hydrogen) atoms. The molecule has 0 radical (unpaired) electrons. The monoisotopic (exact) mass is 470 g/mol. The van der Waals surface area contributed by atoms with Crippen LogP contribution in [-0.2, 0) is 9.59 Å². The Morgan fingerprint density at radius 1 is 0.829 bits per heavy atom. The van der Waals surface area contributed by atoms with Crippen LogP contribution in [0.25, 0.3) is 6.08 Å². The van der Waals surface area contributed by atoms with Crippen LogP contribution in [0.5, 0.6) is 0 Å². The van der Waals surface area contributed by atoms with Gasteiger partial charge in [-0.05, 0) is 66.8 Å². The van der Waals surface area contributed by atoms with Crippen LogP contribution in [0.3, 0.4) is 0 Å². The molecule has 0 heterocycles. The summed E-state index contributed by atoms with van der Waals surface area (Å²) in [5.41, 5.74) is 10.7. The number of hydrogen-bond donors (Lipinski definition) is 4. The van der Waals surface area contributed by atoms with E-state index in [1.165, 1.54) is 11.6 Å². The molecule has 1 atom stereocenters. The highest BCUT2D eigenvalue weighted by Gasteiger charge is 2.21. The summed E-state index contributed by atoms with van der Waals surface area (Å²) in [6.45, 7) is 8.18. The summed E-state index contributed by atoms with van der Waals surface area (Å²) in [4.78, 5) is 25.2. The third-order valence-electron chi connectivity index (χ3n) is 5.50. The standard InChI is InChI=1S/C29H34N4O2/c1-19(2)22-14-16-24(17-15-22)32-28(29(35)31-20(3)4)23-12-9-21(10-13-23)11-18-27(34)33-26-8-6-5-7-25(26)30/h5-20,28,32H,30H2,1-4H3,(H,31,35)(H,33,34). The van der Waals surface area contributed by atoms with Crippen molar-refractivity contribution >= 4 is 35.0 Å². The van der Waals surface area contributed by atoms with Gasteiger partial charge in [-0.2, -0.15) is 0 Å². The molecule has 2 amide bonds. The molecule has 1 unspecified atom stereocenters. The zero-order valence-corrected chi connectivity index (χ0v) is 20.7. The summed E-state index contributed by atoms with van der Waals surface area (Å²) in [6, 6.07) is 22.3. The molecule has 3 rings (SSSR count). The summed E-state index contributed by atoms with van der Waals surface area (Å²) >= 11 is 0. The van der Waals surface area contributed by atoms with E-state index in [9.17, 15) is 9.59 Å². The van der Waals surface area contributed by atoms with Gasteiger partial charge in [0.25, 0.3) is 0 Å². The van der Waals surface area contributed by atoms with Crippen molar-refractivity contribution in [2.45, 2.75) is 45.7 Å². The van der Waals surface area contributed by atoms with Crippen LogP contribution in [0.2, 0.25) is 0 Å². The fraction of sp³-hybridized carbons (Fsp3) is 0.241. The Balaban J connectivity index is 1.73. The minimum atomic E-state index is -0.551. The number of nitrogens with one attached hydrogen (secondary N) is 3. The zero-order chi connectivity index (χ0) is 25.4. The van der Waals surface area contributed by atoms with Gasteiger partial charge < -0.3 is 21.7 Å². The Hall–Kier alpha value is -4.06. The average Bonchev–Trinajstić information content (AvgIpc) is 2.83. The lowest BCUT2D eigenvalue weighted by molar-refractivity contribution is -0.122. The van der Waals surface area contributed by atoms with Crippen molar-refractivity contribution in [1.29, 1.82) is 0 Å². The quantitative estimate of drug-likeness (QED) is 0.237. The fourth-order valence-electron chi connectivity index (χ4n) is 3.56. The number of para-hydroxylation sites is 2. The van der Waals surface area contributed by atoms with Crippen molar-refractivity contribution in [3.63, 3.8) is 0 Å². The van der Waals surface area contributed by atoms with Crippen LogP contribution in [-0.4, -0.2) is 17.9 Å². The number of carbonyl (C=O) groups is 2. The predicted molar refractivity (Wildman–Crippen MR) is 145 cm³/mol. The Morgan fingerprint density at radius 2 is 1.46 bits per heavy atom. The molecule has 6 nitrogen and oxygen atoms in total. The van der Waals surface area contributed by atoms with E-state index in [4.69, 9.17) is 5.73 Å². The number of amides is 2. The topological polar surface area (TPSA) is 96.2 Å². The number of nitrogens with two attached hydrogens (primary N) is 1. The fourth-order valence-corrected chi connectivity index (χ4v) is 3.56. The van der Waals surface area contributed by atoms with Crippen LogP contribution in [0.1, 0.15) is 56.3 Å². The number of carbonyl (C=O) groups excluding carboxylic acids is 2. The van der Waals surface area contributed by atoms with Crippen LogP contribution in [0.4, 0.5) is 17.1 Å². The minimum absolute atomic E-state index is 0.0227. The summed E-state index contributed by atoms with van der Waals surface area (Å²) in [5, 5.41) is 9.13. The zero-order valence-electron chi connectivity index (χ0n) is 20.7. The van der Waals surface area contributed by atoms with Crippen molar-refractivity contribution in [1.82, 2.24) is 5.32 Å². The van der Waals surface area contributed by atoms with Gasteiger partial charge in [-0.3, -0.25) is 9.59 Å². The lowest BCUT2D eigenvalue weighted by atomic mass is 10.0. The Labute approximate surface area is 207 Å². The maximum absolute atomic E-state index is 13.0. The number of hydrogen-bond acceptors (Lipinski definition) is 4. The van der Waals surface area contributed by atoms with Gasteiger partial charge in [-0.25, -0.2) is 0 Å². The van der Waals surface area contributed by atoms with E-state index in [2.05, 4.69) is 41.9 Å². The molecule has 0 aromatic heterocycles. The maximum atomic E-state index is 13.0. The highest BCUT2D eigenvalue weighted by molar-refractivity contribution is 6.03. The molecule has 0 saturated carbocycles. The molecule has 0 saturated heterocycles. The molecule has 3 aromatic carbocycles. The van der Waals surface area contributed by atoms with Crippen molar-refractivity contribution in [3.05, 3.63) is 95.6 Å². The molecule has 0 aliphatic rings. The maximum Gasteiger partial charge on any atom is 0.248 e. The van der Waals surface area contributed by atoms with Gasteiger partial charge in [0.1, 0.15) is 6.04 Å². The molecule has 3 aromatic rings. The number of benzene rings is 3. The summed E-state index contributed by atoms with van der Waals surface area (Å²) < 4.78 is 0. The van der Waals surface area contributed by atoms with Gasteiger partial charge in [-0.15, -0.1) is 0 Å². The van der Waals surface area contributed by atoms with Crippen LogP contribution in [0.15, 0.2) is 78.9 Å². The second-order valence-corrected chi connectivity index (χ2v) is 9.09. The van der Waals surface area contributed by atoms with E-state index < -0.39 is 6.04 Å². The molecular formula is C29H34N4O2. The van der Waals surface area contributed by atoms with Gasteiger partial charge in [0.15, 0.2) is 0 Å². The van der Waals surface area contributed by atoms with Crippen molar-refractivity contribution in [3.8, 4) is 0 Å². The van der Waals surface area contributed by atoms with Gasteiger partial charge in [0.2, 0.25) is 11.8 Å². The van der Waals surface area contributed by atoms with E-state index >= 15 is 0 Å². The van der Waals surface area contributed by atoms with Crippen LogP contribution in [0, 0.1) is 0 Å². The van der Waals surface area contributed by atoms with Gasteiger partial charge >= 0.3 is 0 Å². The highest BCUT2D eigenvalue weighted by atomic mass is 16.2. The van der Waals surface area contributed by atoms with E-state index in [1.54, 1.807) is 18.2 Å².